The van der Waals surface area contributed by atoms with Gasteiger partial charge in [0.25, 0.3) is 10.1 Å². The van der Waals surface area contributed by atoms with E-state index in [0.29, 0.717) is 25.4 Å². The molecule has 0 aromatic carbocycles. The number of esters is 1. The smallest absolute Gasteiger partial charge is 0.309 e. The summed E-state index contributed by atoms with van der Waals surface area (Å²) in [4.78, 5) is 16.1. The lowest BCUT2D eigenvalue weighted by atomic mass is 10.1. The van der Waals surface area contributed by atoms with Gasteiger partial charge < -0.3 is 14.0 Å². The van der Waals surface area contributed by atoms with Crippen LogP contribution in [0.2, 0.25) is 0 Å². The van der Waals surface area contributed by atoms with Crippen LogP contribution in [0, 0.1) is 5.92 Å². The van der Waals surface area contributed by atoms with Gasteiger partial charge in [-0.1, -0.05) is 6.92 Å². The molecular weight excluding hydrogens is 336 g/mol. The number of nitrogens with zero attached hydrogens (tertiary/aromatic N) is 2. The maximum absolute atomic E-state index is 11.8. The third kappa shape index (κ3) is 5.29. The van der Waals surface area contributed by atoms with Crippen LogP contribution in [0.15, 0.2) is 6.20 Å². The van der Waals surface area contributed by atoms with Gasteiger partial charge >= 0.3 is 5.97 Å². The Hall–Kier alpha value is -1.45. The van der Waals surface area contributed by atoms with Gasteiger partial charge in [-0.3, -0.25) is 8.98 Å². The minimum atomic E-state index is -3.55. The van der Waals surface area contributed by atoms with Gasteiger partial charge in [-0.2, -0.15) is 8.42 Å². The molecule has 1 aliphatic rings. The molecule has 1 aliphatic heterocycles. The summed E-state index contributed by atoms with van der Waals surface area (Å²) in [6, 6.07) is 0. The van der Waals surface area contributed by atoms with Crippen LogP contribution in [0.25, 0.3) is 0 Å². The molecular formula is C15H24N2O6S. The molecule has 136 valence electrons. The van der Waals surface area contributed by atoms with E-state index >= 15 is 0 Å². The Morgan fingerprint density at radius 3 is 2.79 bits per heavy atom. The first-order valence-corrected chi connectivity index (χ1v) is 9.77. The van der Waals surface area contributed by atoms with Crippen LogP contribution < -0.4 is 0 Å². The summed E-state index contributed by atoms with van der Waals surface area (Å²) in [5.41, 5.74) is 0.832. The summed E-state index contributed by atoms with van der Waals surface area (Å²) < 4.78 is 39.6. The summed E-state index contributed by atoms with van der Waals surface area (Å²) in [5.74, 6) is -0.0764. The molecule has 2 rings (SSSR count). The van der Waals surface area contributed by atoms with E-state index < -0.39 is 10.1 Å². The van der Waals surface area contributed by atoms with Gasteiger partial charge in [-0.25, -0.2) is 4.98 Å². The quantitative estimate of drug-likeness (QED) is 0.476. The van der Waals surface area contributed by atoms with Gasteiger partial charge in [0.2, 0.25) is 0 Å². The standard InChI is InChI=1S/C15H24N2O6S/c1-4-21-15(18)11(2)7-12-8-16-14(10-23-24(3,19)20)17(12)9-13-5-6-22-13/h8,11,13H,4-7,9-10H2,1-3H3. The second-order valence-electron chi connectivity index (χ2n) is 5.88. The Morgan fingerprint density at radius 1 is 1.54 bits per heavy atom. The zero-order valence-corrected chi connectivity index (χ0v) is 15.0. The summed E-state index contributed by atoms with van der Waals surface area (Å²) >= 11 is 0. The topological polar surface area (TPSA) is 96.7 Å². The lowest BCUT2D eigenvalue weighted by Crippen LogP contribution is -2.33. The predicted octanol–water partition coefficient (Wildman–Crippen LogP) is 0.890. The van der Waals surface area contributed by atoms with Crippen LogP contribution in [-0.4, -0.2) is 49.5 Å². The van der Waals surface area contributed by atoms with E-state index in [9.17, 15) is 13.2 Å². The summed E-state index contributed by atoms with van der Waals surface area (Å²) in [5, 5.41) is 0. The highest BCUT2D eigenvalue weighted by atomic mass is 32.2. The van der Waals surface area contributed by atoms with E-state index in [-0.39, 0.29) is 24.6 Å². The molecule has 1 fully saturated rings. The predicted molar refractivity (Wildman–Crippen MR) is 85.7 cm³/mol. The number of hydrogen-bond donors (Lipinski definition) is 0. The number of rotatable bonds is 9. The van der Waals surface area contributed by atoms with Crippen LogP contribution in [0.1, 0.15) is 31.8 Å². The Kier molecular flexibility index (Phi) is 6.36. The first kappa shape index (κ1) is 18.9. The van der Waals surface area contributed by atoms with Crippen molar-refractivity contribution in [2.24, 2.45) is 5.92 Å². The largest absolute Gasteiger partial charge is 0.466 e. The maximum atomic E-state index is 11.8. The molecule has 2 unspecified atom stereocenters. The van der Waals surface area contributed by atoms with Crippen LogP contribution in [0.5, 0.6) is 0 Å². The molecule has 0 radical (unpaired) electrons. The van der Waals surface area contributed by atoms with E-state index in [4.69, 9.17) is 13.7 Å². The molecule has 8 nitrogen and oxygen atoms in total. The van der Waals surface area contributed by atoms with Crippen molar-refractivity contribution in [2.45, 2.75) is 45.9 Å². The third-order valence-electron chi connectivity index (χ3n) is 3.81. The SMILES string of the molecule is CCOC(=O)C(C)Cc1cnc(COS(C)(=O)=O)n1CC1CCO1. The average molecular weight is 360 g/mol. The number of carbonyl (C=O) groups excluding carboxylic acids is 1. The number of carbonyl (C=O) groups is 1. The Labute approximate surface area is 142 Å². The highest BCUT2D eigenvalue weighted by molar-refractivity contribution is 7.85. The Morgan fingerprint density at radius 2 is 2.25 bits per heavy atom. The van der Waals surface area contributed by atoms with Gasteiger partial charge in [0.05, 0.1) is 31.4 Å². The van der Waals surface area contributed by atoms with Gasteiger partial charge in [0.15, 0.2) is 0 Å². The highest BCUT2D eigenvalue weighted by Crippen LogP contribution is 2.19. The first-order chi connectivity index (χ1) is 11.3. The van der Waals surface area contributed by atoms with E-state index in [1.807, 2.05) is 4.57 Å². The van der Waals surface area contributed by atoms with Crippen molar-refractivity contribution >= 4 is 16.1 Å². The fourth-order valence-corrected chi connectivity index (χ4v) is 2.75. The average Bonchev–Trinajstić information content (AvgIpc) is 2.82. The molecule has 24 heavy (non-hydrogen) atoms. The molecule has 2 heterocycles. The van der Waals surface area contributed by atoms with Crippen molar-refractivity contribution < 1.29 is 26.9 Å². The Bertz CT molecular complexity index is 666. The highest BCUT2D eigenvalue weighted by Gasteiger charge is 2.24. The van der Waals surface area contributed by atoms with Crippen molar-refractivity contribution in [2.75, 3.05) is 19.5 Å². The minimum absolute atomic E-state index is 0.0767. The minimum Gasteiger partial charge on any atom is -0.466 e. The molecule has 1 aromatic heterocycles. The molecule has 9 heteroatoms. The van der Waals surface area contributed by atoms with Crippen molar-refractivity contribution in [1.82, 2.24) is 9.55 Å². The van der Waals surface area contributed by atoms with Crippen molar-refractivity contribution in [3.63, 3.8) is 0 Å². The fraction of sp³-hybridized carbons (Fsp3) is 0.733. The molecule has 0 aliphatic carbocycles. The normalized spacial score (nSPS) is 18.9. The van der Waals surface area contributed by atoms with Crippen molar-refractivity contribution in [3.8, 4) is 0 Å². The lowest BCUT2D eigenvalue weighted by Gasteiger charge is -2.28. The second-order valence-corrected chi connectivity index (χ2v) is 7.53. The van der Waals surface area contributed by atoms with Crippen molar-refractivity contribution in [1.29, 1.82) is 0 Å². The number of hydrogen-bond acceptors (Lipinski definition) is 7. The van der Waals surface area contributed by atoms with Crippen LogP contribution in [0.4, 0.5) is 0 Å². The number of ether oxygens (including phenoxy) is 2. The molecule has 1 saturated heterocycles. The molecule has 2 atom stereocenters. The van der Waals surface area contributed by atoms with Gasteiger partial charge in [0.1, 0.15) is 12.4 Å². The molecule has 0 spiro atoms. The molecule has 1 aromatic rings. The van der Waals surface area contributed by atoms with Crippen LogP contribution in [0.3, 0.4) is 0 Å². The van der Waals surface area contributed by atoms with E-state index in [2.05, 4.69) is 4.98 Å². The molecule has 0 N–H and O–H groups in total. The lowest BCUT2D eigenvalue weighted by molar-refractivity contribution is -0.147. The number of aromatic nitrogens is 2. The summed E-state index contributed by atoms with van der Waals surface area (Å²) in [6.07, 6.45) is 4.12. The molecule has 0 saturated carbocycles. The van der Waals surface area contributed by atoms with Gasteiger partial charge in [-0.15, -0.1) is 0 Å². The van der Waals surface area contributed by atoms with E-state index in [1.54, 1.807) is 20.0 Å². The monoisotopic (exact) mass is 360 g/mol. The molecule has 0 amide bonds. The summed E-state index contributed by atoms with van der Waals surface area (Å²) in [7, 11) is -3.55. The van der Waals surface area contributed by atoms with E-state index in [1.165, 1.54) is 0 Å². The van der Waals surface area contributed by atoms with Crippen molar-refractivity contribution in [3.05, 3.63) is 17.7 Å². The summed E-state index contributed by atoms with van der Waals surface area (Å²) in [6.45, 7) is 5.05. The zero-order valence-electron chi connectivity index (χ0n) is 14.2. The van der Waals surface area contributed by atoms with Gasteiger partial charge in [-0.05, 0) is 13.3 Å². The second kappa shape index (κ2) is 8.09. The number of imidazole rings is 1. The third-order valence-corrected chi connectivity index (χ3v) is 4.35. The van der Waals surface area contributed by atoms with Crippen LogP contribution >= 0.6 is 0 Å². The maximum Gasteiger partial charge on any atom is 0.309 e. The zero-order chi connectivity index (χ0) is 17.7. The van der Waals surface area contributed by atoms with E-state index in [0.717, 1.165) is 25.0 Å². The fourth-order valence-electron chi connectivity index (χ4n) is 2.43. The van der Waals surface area contributed by atoms with Crippen LogP contribution in [-0.2, 0) is 48.1 Å². The van der Waals surface area contributed by atoms with Gasteiger partial charge in [0, 0.05) is 24.9 Å². The Balaban J connectivity index is 2.13. The molecule has 0 bridgehead atoms. The first-order valence-electron chi connectivity index (χ1n) is 7.96.